The van der Waals surface area contributed by atoms with E-state index in [1.807, 2.05) is 20.8 Å². The van der Waals surface area contributed by atoms with Crippen LogP contribution in [-0.4, -0.2) is 17.0 Å². The van der Waals surface area contributed by atoms with Crippen molar-refractivity contribution in [2.24, 2.45) is 5.41 Å². The third-order valence-corrected chi connectivity index (χ3v) is 3.23. The van der Waals surface area contributed by atoms with Crippen molar-refractivity contribution in [3.63, 3.8) is 0 Å². The van der Waals surface area contributed by atoms with Crippen LogP contribution >= 0.6 is 0 Å². The monoisotopic (exact) mass is 249 g/mol. The Bertz CT molecular complexity index is 478. The van der Waals surface area contributed by atoms with Crippen molar-refractivity contribution in [1.29, 1.82) is 0 Å². The highest BCUT2D eigenvalue weighted by Crippen LogP contribution is 2.25. The third kappa shape index (κ3) is 2.88. The van der Waals surface area contributed by atoms with Crippen LogP contribution in [0, 0.1) is 12.3 Å². The van der Waals surface area contributed by atoms with Crippen LogP contribution in [0.15, 0.2) is 18.2 Å². The summed E-state index contributed by atoms with van der Waals surface area (Å²) in [5, 5.41) is 11.9. The molecule has 1 amide bonds. The largest absolute Gasteiger partial charge is 0.478 e. The molecule has 0 bridgehead atoms. The Morgan fingerprint density at radius 3 is 2.44 bits per heavy atom. The maximum absolute atomic E-state index is 12.0. The summed E-state index contributed by atoms with van der Waals surface area (Å²) in [5.41, 5.74) is 0.626. The molecule has 0 saturated heterocycles. The van der Waals surface area contributed by atoms with Crippen molar-refractivity contribution < 1.29 is 14.7 Å². The van der Waals surface area contributed by atoms with E-state index in [4.69, 9.17) is 5.11 Å². The molecule has 4 heteroatoms. The number of anilines is 1. The maximum atomic E-state index is 12.0. The summed E-state index contributed by atoms with van der Waals surface area (Å²) in [6.07, 6.45) is 0.688. The molecule has 0 heterocycles. The first kappa shape index (κ1) is 14.2. The van der Waals surface area contributed by atoms with Crippen molar-refractivity contribution in [1.82, 2.24) is 0 Å². The number of nitrogens with one attached hydrogen (secondary N) is 1. The van der Waals surface area contributed by atoms with E-state index in [-0.39, 0.29) is 11.5 Å². The topological polar surface area (TPSA) is 66.4 Å². The van der Waals surface area contributed by atoms with Crippen molar-refractivity contribution in [3.8, 4) is 0 Å². The van der Waals surface area contributed by atoms with Gasteiger partial charge in [-0.3, -0.25) is 4.79 Å². The first-order valence-corrected chi connectivity index (χ1v) is 5.94. The smallest absolute Gasteiger partial charge is 0.338 e. The minimum atomic E-state index is -1.03. The van der Waals surface area contributed by atoms with Gasteiger partial charge in [0.25, 0.3) is 0 Å². The average molecular weight is 249 g/mol. The van der Waals surface area contributed by atoms with Gasteiger partial charge in [0.2, 0.25) is 5.91 Å². The molecule has 18 heavy (non-hydrogen) atoms. The molecule has 1 aromatic carbocycles. The van der Waals surface area contributed by atoms with Gasteiger partial charge in [-0.05, 0) is 25.0 Å². The van der Waals surface area contributed by atoms with Gasteiger partial charge in [-0.15, -0.1) is 0 Å². The molecule has 4 nitrogen and oxygen atoms in total. The number of aromatic carboxylic acids is 1. The number of rotatable bonds is 4. The number of carbonyl (C=O) groups is 2. The lowest BCUT2D eigenvalue weighted by atomic mass is 9.89. The van der Waals surface area contributed by atoms with Crippen LogP contribution in [0.25, 0.3) is 0 Å². The minimum absolute atomic E-state index is 0.151. The molecule has 1 aromatic rings. The molecule has 2 N–H and O–H groups in total. The lowest BCUT2D eigenvalue weighted by molar-refractivity contribution is -0.124. The van der Waals surface area contributed by atoms with Crippen molar-refractivity contribution >= 4 is 17.6 Å². The summed E-state index contributed by atoms with van der Waals surface area (Å²) < 4.78 is 0. The molecule has 0 radical (unpaired) electrons. The van der Waals surface area contributed by atoms with E-state index in [0.717, 1.165) is 0 Å². The van der Waals surface area contributed by atoms with Gasteiger partial charge in [-0.25, -0.2) is 4.79 Å². The molecule has 1 rings (SSSR count). The van der Waals surface area contributed by atoms with Crippen LogP contribution in [0.4, 0.5) is 5.69 Å². The number of hydrogen-bond acceptors (Lipinski definition) is 2. The zero-order valence-electron chi connectivity index (χ0n) is 11.2. The molecule has 0 fully saturated rings. The van der Waals surface area contributed by atoms with Crippen molar-refractivity contribution in [2.45, 2.75) is 34.1 Å². The minimum Gasteiger partial charge on any atom is -0.478 e. The lowest BCUT2D eigenvalue weighted by Gasteiger charge is -2.22. The van der Waals surface area contributed by atoms with Crippen LogP contribution in [0.1, 0.15) is 43.1 Å². The number of hydrogen-bond donors (Lipinski definition) is 2. The SMILES string of the molecule is CCC(C)(C)C(=O)Nc1cccc(C)c1C(=O)O. The summed E-state index contributed by atoms with van der Waals surface area (Å²) in [6, 6.07) is 5.06. The van der Waals surface area contributed by atoms with Crippen molar-refractivity contribution in [3.05, 3.63) is 29.3 Å². The van der Waals surface area contributed by atoms with Gasteiger partial charge in [0.05, 0.1) is 11.3 Å². The van der Waals surface area contributed by atoms with E-state index in [1.54, 1.807) is 25.1 Å². The number of carbonyl (C=O) groups excluding carboxylic acids is 1. The summed E-state index contributed by atoms with van der Waals surface area (Å²) in [6.45, 7) is 7.30. The molecule has 0 atom stereocenters. The summed E-state index contributed by atoms with van der Waals surface area (Å²) in [7, 11) is 0. The molecule has 0 aliphatic carbocycles. The Labute approximate surface area is 107 Å². The van der Waals surface area contributed by atoms with Gasteiger partial charge in [-0.1, -0.05) is 32.9 Å². The Morgan fingerprint density at radius 2 is 1.94 bits per heavy atom. The second-order valence-corrected chi connectivity index (χ2v) is 4.99. The van der Waals surface area contributed by atoms with Gasteiger partial charge in [0, 0.05) is 5.41 Å². The number of amides is 1. The van der Waals surface area contributed by atoms with Crippen molar-refractivity contribution in [2.75, 3.05) is 5.32 Å². The molecule has 0 spiro atoms. The van der Waals surface area contributed by atoms with E-state index < -0.39 is 11.4 Å². The average Bonchev–Trinajstić information content (AvgIpc) is 2.28. The van der Waals surface area contributed by atoms with Crippen LogP contribution in [0.2, 0.25) is 0 Å². The van der Waals surface area contributed by atoms with Crippen LogP contribution < -0.4 is 5.32 Å². The molecule has 0 aliphatic rings. The third-order valence-electron chi connectivity index (χ3n) is 3.23. The van der Waals surface area contributed by atoms with Crippen LogP contribution in [0.5, 0.6) is 0 Å². The predicted octanol–water partition coefficient (Wildman–Crippen LogP) is 3.07. The standard InChI is InChI=1S/C14H19NO3/c1-5-14(3,4)13(18)15-10-8-6-7-9(2)11(10)12(16)17/h6-8H,5H2,1-4H3,(H,15,18)(H,16,17). The summed E-state index contributed by atoms with van der Waals surface area (Å²) >= 11 is 0. The normalized spacial score (nSPS) is 11.1. The Kier molecular flexibility index (Phi) is 4.11. The highest BCUT2D eigenvalue weighted by Gasteiger charge is 2.26. The van der Waals surface area contributed by atoms with E-state index in [9.17, 15) is 9.59 Å². The molecule has 0 unspecified atom stereocenters. The zero-order valence-corrected chi connectivity index (χ0v) is 11.2. The van der Waals surface area contributed by atoms with Gasteiger partial charge < -0.3 is 10.4 Å². The maximum Gasteiger partial charge on any atom is 0.338 e. The fourth-order valence-electron chi connectivity index (χ4n) is 1.51. The number of aryl methyl sites for hydroxylation is 1. The van der Waals surface area contributed by atoms with Crippen LogP contribution in [0.3, 0.4) is 0 Å². The molecule has 0 aliphatic heterocycles. The lowest BCUT2D eigenvalue weighted by Crippen LogP contribution is -2.30. The number of benzene rings is 1. The van der Waals surface area contributed by atoms with E-state index in [1.165, 1.54) is 0 Å². The Morgan fingerprint density at radius 1 is 1.33 bits per heavy atom. The van der Waals surface area contributed by atoms with E-state index in [0.29, 0.717) is 17.7 Å². The fraction of sp³-hybridized carbons (Fsp3) is 0.429. The molecular weight excluding hydrogens is 230 g/mol. The van der Waals surface area contributed by atoms with Gasteiger partial charge in [-0.2, -0.15) is 0 Å². The number of carboxylic acid groups (broad SMARTS) is 1. The quantitative estimate of drug-likeness (QED) is 0.861. The van der Waals surface area contributed by atoms with E-state index >= 15 is 0 Å². The van der Waals surface area contributed by atoms with Gasteiger partial charge in [0.15, 0.2) is 0 Å². The van der Waals surface area contributed by atoms with Gasteiger partial charge >= 0.3 is 5.97 Å². The Balaban J connectivity index is 3.09. The molecule has 98 valence electrons. The second kappa shape index (κ2) is 5.21. The summed E-state index contributed by atoms with van der Waals surface area (Å²) in [5.74, 6) is -1.20. The zero-order chi connectivity index (χ0) is 13.9. The second-order valence-electron chi connectivity index (χ2n) is 4.99. The summed E-state index contributed by atoms with van der Waals surface area (Å²) in [4.78, 5) is 23.2. The Hall–Kier alpha value is -1.84. The first-order chi connectivity index (χ1) is 8.29. The molecule has 0 aromatic heterocycles. The van der Waals surface area contributed by atoms with Gasteiger partial charge in [0.1, 0.15) is 0 Å². The molecular formula is C14H19NO3. The van der Waals surface area contributed by atoms with E-state index in [2.05, 4.69) is 5.32 Å². The predicted molar refractivity (Wildman–Crippen MR) is 70.8 cm³/mol. The number of carboxylic acids is 1. The highest BCUT2D eigenvalue weighted by molar-refractivity contribution is 6.02. The highest BCUT2D eigenvalue weighted by atomic mass is 16.4. The fourth-order valence-corrected chi connectivity index (χ4v) is 1.51. The molecule has 0 saturated carbocycles. The first-order valence-electron chi connectivity index (χ1n) is 5.94. The van der Waals surface area contributed by atoms with Crippen LogP contribution in [-0.2, 0) is 4.79 Å².